The van der Waals surface area contributed by atoms with Gasteiger partial charge in [-0.2, -0.15) is 5.26 Å². The third-order valence-electron chi connectivity index (χ3n) is 7.20. The Hall–Kier alpha value is -5.63. The number of carbonyl (C=O) groups excluding carboxylic acids is 4. The molecule has 0 radical (unpaired) electrons. The van der Waals surface area contributed by atoms with E-state index in [0.717, 1.165) is 10.5 Å². The third-order valence-corrected chi connectivity index (χ3v) is 7.20. The monoisotopic (exact) mass is 682 g/mol. The van der Waals surface area contributed by atoms with Crippen LogP contribution >= 0.6 is 0 Å². The maximum atomic E-state index is 14.5. The van der Waals surface area contributed by atoms with E-state index in [4.69, 9.17) is 9.47 Å². The number of hydrogen-bond donors (Lipinski definition) is 3. The summed E-state index contributed by atoms with van der Waals surface area (Å²) in [5.41, 5.74) is 0.584. The van der Waals surface area contributed by atoms with Gasteiger partial charge in [0.05, 0.1) is 6.07 Å². The molecule has 0 spiro atoms. The van der Waals surface area contributed by atoms with Crippen LogP contribution in [0.15, 0.2) is 85.4 Å². The molecule has 0 aliphatic rings. The van der Waals surface area contributed by atoms with Gasteiger partial charge < -0.3 is 30.1 Å². The zero-order chi connectivity index (χ0) is 37.1. The molecule has 3 amide bonds. The first-order valence-corrected chi connectivity index (χ1v) is 16.2. The van der Waals surface area contributed by atoms with Gasteiger partial charge in [0, 0.05) is 12.8 Å². The van der Waals surface area contributed by atoms with Gasteiger partial charge in [-0.15, -0.1) is 0 Å². The van der Waals surface area contributed by atoms with Gasteiger partial charge in [-0.1, -0.05) is 73.3 Å². The highest BCUT2D eigenvalue weighted by molar-refractivity contribution is 5.94. The van der Waals surface area contributed by atoms with Gasteiger partial charge in [-0.3, -0.25) is 9.59 Å². The molecule has 0 fully saturated rings. The minimum Gasteiger partial charge on any atom is -0.508 e. The highest BCUT2D eigenvalue weighted by Gasteiger charge is 2.38. The van der Waals surface area contributed by atoms with Crippen LogP contribution in [0.4, 0.5) is 4.79 Å². The van der Waals surface area contributed by atoms with Gasteiger partial charge in [0.2, 0.25) is 11.8 Å². The molecule has 0 saturated heterocycles. The van der Waals surface area contributed by atoms with Crippen LogP contribution in [0.1, 0.15) is 69.8 Å². The van der Waals surface area contributed by atoms with Crippen LogP contribution in [0.3, 0.4) is 0 Å². The smallest absolute Gasteiger partial charge is 0.408 e. The summed E-state index contributed by atoms with van der Waals surface area (Å²) in [7, 11) is 0. The van der Waals surface area contributed by atoms with Gasteiger partial charge in [-0.25, -0.2) is 9.59 Å². The molecule has 0 aromatic heterocycles. The highest BCUT2D eigenvalue weighted by Crippen LogP contribution is 2.26. The second-order valence-electron chi connectivity index (χ2n) is 13.8. The first-order valence-electron chi connectivity index (χ1n) is 16.2. The molecule has 50 heavy (non-hydrogen) atoms. The van der Waals surface area contributed by atoms with Crippen LogP contribution < -0.4 is 10.6 Å². The molecule has 3 N–H and O–H groups in total. The maximum absolute atomic E-state index is 14.5. The number of phenols is 1. The molecule has 3 rings (SSSR count). The molecule has 3 unspecified atom stereocenters. The minimum absolute atomic E-state index is 0.0108. The zero-order valence-corrected chi connectivity index (χ0v) is 29.4. The summed E-state index contributed by atoms with van der Waals surface area (Å²) in [5.74, 6) is -2.17. The lowest BCUT2D eigenvalue weighted by atomic mass is 9.98. The molecule has 3 aromatic rings. The van der Waals surface area contributed by atoms with Crippen molar-refractivity contribution < 1.29 is 33.8 Å². The number of nitriles is 1. The minimum atomic E-state index is -1.43. The average Bonchev–Trinajstić information content (AvgIpc) is 3.03. The summed E-state index contributed by atoms with van der Waals surface area (Å²) in [5, 5.41) is 25.2. The molecular formula is C39H46N4O7. The van der Waals surface area contributed by atoms with Crippen LogP contribution in [0.2, 0.25) is 0 Å². The Bertz CT molecular complexity index is 1690. The maximum Gasteiger partial charge on any atom is 0.408 e. The predicted molar refractivity (Wildman–Crippen MR) is 189 cm³/mol. The molecule has 11 heteroatoms. The number of hydrogen-bond acceptors (Lipinski definition) is 8. The van der Waals surface area contributed by atoms with Gasteiger partial charge in [0.1, 0.15) is 41.6 Å². The number of carbonyl (C=O) groups is 4. The Morgan fingerprint density at radius 2 is 1.44 bits per heavy atom. The molecule has 0 aliphatic heterocycles. The van der Waals surface area contributed by atoms with E-state index >= 15 is 0 Å². The van der Waals surface area contributed by atoms with Gasteiger partial charge in [-0.05, 0) is 82.0 Å². The predicted octanol–water partition coefficient (Wildman–Crippen LogP) is 5.63. The fraction of sp³-hybridized carbons (Fsp3) is 0.359. The SMILES string of the molecule is C=Cc1cccc(C(C(=O)NC(Cc2ccccc2)C(=O)OC(C)(C)C)N(CC#N)C(=O)C(Cc2ccc(O)cc2)NC(=O)OC(C)(C)C)c1. The number of alkyl carbamates (subject to hydrolysis) is 1. The zero-order valence-electron chi connectivity index (χ0n) is 29.4. The molecule has 0 bridgehead atoms. The second kappa shape index (κ2) is 17.2. The third kappa shape index (κ3) is 12.1. The molecule has 11 nitrogen and oxygen atoms in total. The van der Waals surface area contributed by atoms with Crippen molar-refractivity contribution in [3.8, 4) is 11.8 Å². The quantitative estimate of drug-likeness (QED) is 0.155. The fourth-order valence-electron chi connectivity index (χ4n) is 5.09. The van der Waals surface area contributed by atoms with Crippen LogP contribution in [-0.4, -0.2) is 63.7 Å². The van der Waals surface area contributed by atoms with Crippen LogP contribution in [0, 0.1) is 11.3 Å². The van der Waals surface area contributed by atoms with Crippen molar-refractivity contribution in [2.75, 3.05) is 6.54 Å². The molecule has 0 saturated carbocycles. The standard InChI is InChI=1S/C39H46N4O7/c1-8-26-15-12-16-29(23-26)33(34(45)41-32(36(47)49-38(2,3)4)25-27-13-10-9-11-14-27)43(22-21-40)35(46)31(42-37(48)50-39(5,6)7)24-28-17-19-30(44)20-18-28/h8-20,23,31-33,44H,1,22,24-25H2,2-7H3,(H,41,45)(H,42,48). The molecule has 3 aromatic carbocycles. The summed E-state index contributed by atoms with van der Waals surface area (Å²) in [4.78, 5) is 56.6. The Morgan fingerprint density at radius 3 is 2.02 bits per heavy atom. The lowest BCUT2D eigenvalue weighted by molar-refractivity contribution is -0.159. The lowest BCUT2D eigenvalue weighted by Crippen LogP contribution is -2.55. The number of ether oxygens (including phenoxy) is 2. The lowest BCUT2D eigenvalue weighted by Gasteiger charge is -2.34. The number of phenolic OH excluding ortho intramolecular Hbond substituents is 1. The number of benzene rings is 3. The van der Waals surface area contributed by atoms with E-state index in [1.807, 2.05) is 36.4 Å². The number of esters is 1. The molecule has 3 atom stereocenters. The van der Waals surface area contributed by atoms with E-state index in [0.29, 0.717) is 16.7 Å². The van der Waals surface area contributed by atoms with E-state index in [9.17, 15) is 29.5 Å². The highest BCUT2D eigenvalue weighted by atomic mass is 16.6. The Labute approximate surface area is 293 Å². The van der Waals surface area contributed by atoms with Crippen molar-refractivity contribution in [3.63, 3.8) is 0 Å². The second-order valence-corrected chi connectivity index (χ2v) is 13.8. The van der Waals surface area contributed by atoms with Crippen molar-refractivity contribution >= 4 is 30.0 Å². The number of amides is 3. The number of nitrogens with zero attached hydrogens (tertiary/aromatic N) is 2. The van der Waals surface area contributed by atoms with Crippen molar-refractivity contribution in [2.24, 2.45) is 0 Å². The summed E-state index contributed by atoms with van der Waals surface area (Å²) in [6.45, 7) is 13.4. The first-order chi connectivity index (χ1) is 23.5. The van der Waals surface area contributed by atoms with Crippen LogP contribution in [0.25, 0.3) is 6.08 Å². The molecule has 264 valence electrons. The summed E-state index contributed by atoms with van der Waals surface area (Å²) >= 11 is 0. The molecule has 0 heterocycles. The van der Waals surface area contributed by atoms with E-state index in [1.165, 1.54) is 12.1 Å². The number of nitrogens with one attached hydrogen (secondary N) is 2. The van der Waals surface area contributed by atoms with Crippen molar-refractivity contribution in [1.29, 1.82) is 5.26 Å². The summed E-state index contributed by atoms with van der Waals surface area (Å²) < 4.78 is 11.1. The Balaban J connectivity index is 2.12. The van der Waals surface area contributed by atoms with Crippen molar-refractivity contribution in [3.05, 3.63) is 108 Å². The Kier molecular flexibility index (Phi) is 13.3. The molecular weight excluding hydrogens is 636 g/mol. The largest absolute Gasteiger partial charge is 0.508 e. The van der Waals surface area contributed by atoms with Crippen molar-refractivity contribution in [1.82, 2.24) is 15.5 Å². The summed E-state index contributed by atoms with van der Waals surface area (Å²) in [6, 6.07) is 20.0. The molecule has 0 aliphatic carbocycles. The van der Waals surface area contributed by atoms with E-state index in [2.05, 4.69) is 17.2 Å². The van der Waals surface area contributed by atoms with E-state index in [1.54, 1.807) is 84.0 Å². The van der Waals surface area contributed by atoms with Crippen molar-refractivity contribution in [2.45, 2.75) is 83.7 Å². The topological polar surface area (TPSA) is 158 Å². The van der Waals surface area contributed by atoms with Gasteiger partial charge in [0.25, 0.3) is 0 Å². The normalized spacial score (nSPS) is 13.1. The summed E-state index contributed by atoms with van der Waals surface area (Å²) in [6.07, 6.45) is 0.729. The van der Waals surface area contributed by atoms with E-state index in [-0.39, 0.29) is 18.6 Å². The average molecular weight is 683 g/mol. The van der Waals surface area contributed by atoms with Crippen LogP contribution in [0.5, 0.6) is 5.75 Å². The number of rotatable bonds is 13. The van der Waals surface area contributed by atoms with Gasteiger partial charge in [0.15, 0.2) is 0 Å². The fourth-order valence-corrected chi connectivity index (χ4v) is 5.09. The first kappa shape index (κ1) is 38.8. The number of aromatic hydroxyl groups is 1. The van der Waals surface area contributed by atoms with Crippen LogP contribution in [-0.2, 0) is 36.7 Å². The van der Waals surface area contributed by atoms with E-state index < -0.39 is 59.7 Å². The van der Waals surface area contributed by atoms with Gasteiger partial charge >= 0.3 is 12.1 Å². The Morgan fingerprint density at radius 1 is 0.840 bits per heavy atom.